The first-order valence-electron chi connectivity index (χ1n) is 6.97. The molecule has 1 saturated heterocycles. The van der Waals surface area contributed by atoms with Gasteiger partial charge in [-0.3, -0.25) is 14.3 Å². The van der Waals surface area contributed by atoms with Crippen molar-refractivity contribution in [3.05, 3.63) is 0 Å². The Morgan fingerprint density at radius 1 is 1.42 bits per heavy atom. The van der Waals surface area contributed by atoms with Crippen LogP contribution in [0.3, 0.4) is 0 Å². The number of nitrogens with one attached hydrogen (secondary N) is 1. The van der Waals surface area contributed by atoms with E-state index in [1.165, 1.54) is 7.11 Å². The number of nitrogens with zero attached hydrogens (tertiary/aromatic N) is 1. The van der Waals surface area contributed by atoms with Gasteiger partial charge in [-0.05, 0) is 26.2 Å². The van der Waals surface area contributed by atoms with Gasteiger partial charge in [-0.1, -0.05) is 0 Å². The van der Waals surface area contributed by atoms with Crippen molar-refractivity contribution < 1.29 is 13.7 Å². The van der Waals surface area contributed by atoms with Crippen LogP contribution in [0, 0.1) is 0 Å². The van der Waals surface area contributed by atoms with Gasteiger partial charge in [0.15, 0.2) is 0 Å². The Labute approximate surface area is 117 Å². The fourth-order valence-corrected chi connectivity index (χ4v) is 3.55. The first kappa shape index (κ1) is 14.9. The molecule has 110 valence electrons. The van der Waals surface area contributed by atoms with E-state index in [1.54, 1.807) is 0 Å². The number of carbonyl (C=O) groups excluding carboxylic acids is 1. The molecule has 0 amide bonds. The van der Waals surface area contributed by atoms with Crippen LogP contribution in [0.5, 0.6) is 0 Å². The summed E-state index contributed by atoms with van der Waals surface area (Å²) < 4.78 is 16.2. The topological polar surface area (TPSA) is 58.6 Å². The van der Waals surface area contributed by atoms with E-state index >= 15 is 0 Å². The van der Waals surface area contributed by atoms with Crippen molar-refractivity contribution in [3.63, 3.8) is 0 Å². The van der Waals surface area contributed by atoms with Gasteiger partial charge in [0.25, 0.3) is 0 Å². The average molecular weight is 288 g/mol. The highest BCUT2D eigenvalue weighted by Gasteiger charge is 2.39. The molecule has 19 heavy (non-hydrogen) atoms. The van der Waals surface area contributed by atoms with E-state index in [1.807, 2.05) is 6.92 Å². The highest BCUT2D eigenvalue weighted by molar-refractivity contribution is 7.85. The molecule has 5 nitrogen and oxygen atoms in total. The minimum atomic E-state index is -0.644. The van der Waals surface area contributed by atoms with E-state index in [4.69, 9.17) is 4.74 Å². The number of ether oxygens (including phenoxy) is 1. The standard InChI is InChI=1S/C13H24N2O3S/c1-13(12(16)18-2,14-11-3-4-11)5-6-15-7-9-19(17)10-8-15/h11,14H,3-10H2,1-2H3. The van der Waals surface area contributed by atoms with Crippen LogP contribution in [0.1, 0.15) is 26.2 Å². The molecule has 0 aromatic heterocycles. The number of hydrogen-bond acceptors (Lipinski definition) is 5. The molecule has 0 aromatic rings. The van der Waals surface area contributed by atoms with Crippen molar-refractivity contribution in [2.75, 3.05) is 38.2 Å². The second-order valence-electron chi connectivity index (χ2n) is 5.68. The smallest absolute Gasteiger partial charge is 0.325 e. The summed E-state index contributed by atoms with van der Waals surface area (Å²) in [5.74, 6) is 1.33. The Morgan fingerprint density at radius 2 is 2.05 bits per heavy atom. The third-order valence-corrected chi connectivity index (χ3v) is 5.21. The minimum absolute atomic E-state index is 0.181. The van der Waals surface area contributed by atoms with E-state index in [-0.39, 0.29) is 5.97 Å². The molecule has 1 unspecified atom stereocenters. The van der Waals surface area contributed by atoms with Crippen LogP contribution < -0.4 is 5.32 Å². The van der Waals surface area contributed by atoms with Crippen LogP contribution >= 0.6 is 0 Å². The van der Waals surface area contributed by atoms with Gasteiger partial charge in [-0.2, -0.15) is 0 Å². The van der Waals surface area contributed by atoms with E-state index in [0.717, 1.165) is 50.4 Å². The van der Waals surface area contributed by atoms with E-state index in [0.29, 0.717) is 6.04 Å². The molecular weight excluding hydrogens is 264 g/mol. The van der Waals surface area contributed by atoms with Gasteiger partial charge in [0.2, 0.25) is 0 Å². The molecule has 1 heterocycles. The maximum atomic E-state index is 12.0. The molecule has 1 saturated carbocycles. The van der Waals surface area contributed by atoms with Crippen LogP contribution in [0.4, 0.5) is 0 Å². The first-order chi connectivity index (χ1) is 9.03. The summed E-state index contributed by atoms with van der Waals surface area (Å²) in [7, 11) is 0.800. The Balaban J connectivity index is 1.85. The first-order valence-corrected chi connectivity index (χ1v) is 8.46. The maximum absolute atomic E-state index is 12.0. The lowest BCUT2D eigenvalue weighted by atomic mass is 9.97. The molecule has 2 fully saturated rings. The van der Waals surface area contributed by atoms with Crippen LogP contribution in [0.25, 0.3) is 0 Å². The normalized spacial score (nSPS) is 24.9. The Kier molecular flexibility index (Phi) is 4.97. The van der Waals surface area contributed by atoms with Gasteiger partial charge >= 0.3 is 5.97 Å². The highest BCUT2D eigenvalue weighted by Crippen LogP contribution is 2.25. The summed E-state index contributed by atoms with van der Waals surface area (Å²) in [5.41, 5.74) is -0.591. The Bertz CT molecular complexity index is 350. The Hall–Kier alpha value is -0.460. The molecule has 0 radical (unpaired) electrons. The van der Waals surface area contributed by atoms with Crippen molar-refractivity contribution in [2.24, 2.45) is 0 Å². The zero-order valence-corrected chi connectivity index (χ0v) is 12.6. The van der Waals surface area contributed by atoms with Crippen molar-refractivity contribution >= 4 is 16.8 Å². The molecular formula is C13H24N2O3S. The van der Waals surface area contributed by atoms with E-state index in [2.05, 4.69) is 10.2 Å². The number of esters is 1. The zero-order valence-electron chi connectivity index (χ0n) is 11.8. The average Bonchev–Trinajstić information content (AvgIpc) is 3.21. The van der Waals surface area contributed by atoms with Crippen LogP contribution in [-0.2, 0) is 20.3 Å². The molecule has 6 heteroatoms. The molecule has 0 bridgehead atoms. The number of hydrogen-bond donors (Lipinski definition) is 1. The predicted molar refractivity (Wildman–Crippen MR) is 75.5 cm³/mol. The van der Waals surface area contributed by atoms with Gasteiger partial charge in [0.05, 0.1) is 7.11 Å². The highest BCUT2D eigenvalue weighted by atomic mass is 32.2. The largest absolute Gasteiger partial charge is 0.468 e. The molecule has 1 atom stereocenters. The van der Waals surface area contributed by atoms with Gasteiger partial charge < -0.3 is 9.64 Å². The van der Waals surface area contributed by atoms with Crippen molar-refractivity contribution in [1.82, 2.24) is 10.2 Å². The summed E-state index contributed by atoms with van der Waals surface area (Å²) >= 11 is 0. The van der Waals surface area contributed by atoms with E-state index < -0.39 is 16.3 Å². The monoisotopic (exact) mass is 288 g/mol. The fourth-order valence-electron chi connectivity index (χ4n) is 2.42. The van der Waals surface area contributed by atoms with Crippen LogP contribution in [-0.4, -0.2) is 64.9 Å². The summed E-state index contributed by atoms with van der Waals surface area (Å²) in [5, 5.41) is 3.41. The molecule has 1 aliphatic carbocycles. The number of rotatable bonds is 6. The quantitative estimate of drug-likeness (QED) is 0.704. The Morgan fingerprint density at radius 3 is 2.58 bits per heavy atom. The molecule has 1 N–H and O–H groups in total. The van der Waals surface area contributed by atoms with Crippen LogP contribution in [0.2, 0.25) is 0 Å². The molecule has 2 aliphatic rings. The van der Waals surface area contributed by atoms with Gasteiger partial charge in [-0.15, -0.1) is 0 Å². The summed E-state index contributed by atoms with van der Waals surface area (Å²) in [4.78, 5) is 14.3. The van der Waals surface area contributed by atoms with Crippen LogP contribution in [0.15, 0.2) is 0 Å². The molecule has 1 aliphatic heterocycles. The SMILES string of the molecule is COC(=O)C(C)(CCN1CCS(=O)CC1)NC1CC1. The van der Waals surface area contributed by atoms with Gasteiger partial charge in [-0.25, -0.2) is 0 Å². The lowest BCUT2D eigenvalue weighted by Gasteiger charge is -2.32. The summed E-state index contributed by atoms with van der Waals surface area (Å²) in [6, 6.07) is 0.470. The maximum Gasteiger partial charge on any atom is 0.325 e. The molecule has 0 spiro atoms. The molecule has 0 aromatic carbocycles. The molecule has 2 rings (SSSR count). The predicted octanol–water partition coefficient (Wildman–Crippen LogP) is 0.125. The van der Waals surface area contributed by atoms with Gasteiger partial charge in [0.1, 0.15) is 5.54 Å². The minimum Gasteiger partial charge on any atom is -0.468 e. The van der Waals surface area contributed by atoms with E-state index in [9.17, 15) is 9.00 Å². The number of carbonyl (C=O) groups is 1. The second kappa shape index (κ2) is 6.33. The summed E-state index contributed by atoms with van der Waals surface area (Å²) in [6.07, 6.45) is 3.04. The fraction of sp³-hybridized carbons (Fsp3) is 0.923. The third-order valence-electron chi connectivity index (χ3n) is 3.93. The number of methoxy groups -OCH3 is 1. The third kappa shape index (κ3) is 4.26. The second-order valence-corrected chi connectivity index (χ2v) is 7.38. The summed E-state index contributed by atoms with van der Waals surface area (Å²) in [6.45, 7) is 4.52. The lowest BCUT2D eigenvalue weighted by Crippen LogP contribution is -2.53. The van der Waals surface area contributed by atoms with Crippen molar-refractivity contribution in [2.45, 2.75) is 37.8 Å². The van der Waals surface area contributed by atoms with Gasteiger partial charge in [0, 0.05) is 48.0 Å². The van der Waals surface area contributed by atoms with Crippen molar-refractivity contribution in [1.29, 1.82) is 0 Å². The lowest BCUT2D eigenvalue weighted by molar-refractivity contribution is -0.148. The zero-order chi connectivity index (χ0) is 13.9. The van der Waals surface area contributed by atoms with Crippen molar-refractivity contribution in [3.8, 4) is 0 Å².